The molecule has 1 amide bonds. The molecule has 0 aliphatic carbocycles. The van der Waals surface area contributed by atoms with Crippen molar-refractivity contribution in [2.24, 2.45) is 5.92 Å². The van der Waals surface area contributed by atoms with Crippen molar-refractivity contribution in [1.82, 2.24) is 5.32 Å². The number of aliphatic carboxylic acids is 1. The first-order valence-electron chi connectivity index (χ1n) is 6.70. The third kappa shape index (κ3) is 6.52. The summed E-state index contributed by atoms with van der Waals surface area (Å²) in [5, 5.41) is 11.7. The highest BCUT2D eigenvalue weighted by Gasteiger charge is 2.21. The minimum absolute atomic E-state index is 0.213. The van der Waals surface area contributed by atoms with Gasteiger partial charge in [-0.2, -0.15) is 0 Å². The average molecular weight is 374 g/mol. The van der Waals surface area contributed by atoms with Gasteiger partial charge in [0.05, 0.1) is 5.75 Å². The van der Waals surface area contributed by atoms with E-state index in [-0.39, 0.29) is 17.6 Å². The zero-order chi connectivity index (χ0) is 16.0. The molecule has 1 atom stereocenters. The van der Waals surface area contributed by atoms with Crippen LogP contribution in [0.2, 0.25) is 0 Å². The van der Waals surface area contributed by atoms with Crippen LogP contribution >= 0.6 is 27.7 Å². The number of halogens is 1. The molecule has 2 N–H and O–H groups in total. The largest absolute Gasteiger partial charge is 0.480 e. The number of carbonyl (C=O) groups excluding carboxylic acids is 1. The van der Waals surface area contributed by atoms with E-state index in [4.69, 9.17) is 5.11 Å². The number of amides is 1. The topological polar surface area (TPSA) is 66.4 Å². The third-order valence-electron chi connectivity index (χ3n) is 2.84. The van der Waals surface area contributed by atoms with E-state index in [0.29, 0.717) is 6.42 Å². The van der Waals surface area contributed by atoms with Gasteiger partial charge in [-0.3, -0.25) is 4.79 Å². The van der Waals surface area contributed by atoms with Gasteiger partial charge in [-0.25, -0.2) is 4.79 Å². The van der Waals surface area contributed by atoms with Crippen LogP contribution in [0.3, 0.4) is 0 Å². The first-order valence-corrected chi connectivity index (χ1v) is 8.48. The average Bonchev–Trinajstić information content (AvgIpc) is 2.36. The zero-order valence-corrected chi connectivity index (χ0v) is 14.8. The van der Waals surface area contributed by atoms with Crippen LogP contribution in [0.5, 0.6) is 0 Å². The zero-order valence-electron chi connectivity index (χ0n) is 12.4. The maximum absolute atomic E-state index is 11.9. The van der Waals surface area contributed by atoms with Crippen molar-refractivity contribution in [1.29, 1.82) is 0 Å². The number of hydrogen-bond acceptors (Lipinski definition) is 3. The smallest absolute Gasteiger partial charge is 0.326 e. The maximum Gasteiger partial charge on any atom is 0.326 e. The second-order valence-electron chi connectivity index (χ2n) is 5.29. The van der Waals surface area contributed by atoms with E-state index >= 15 is 0 Å². The number of carboxylic acids is 1. The molecule has 1 aromatic rings. The van der Waals surface area contributed by atoms with Gasteiger partial charge in [0.2, 0.25) is 5.91 Å². The molecular formula is C15H20BrNO3S. The summed E-state index contributed by atoms with van der Waals surface area (Å²) in [5.74, 6) is -0.810. The fourth-order valence-electron chi connectivity index (χ4n) is 1.85. The molecule has 0 aromatic heterocycles. The first kappa shape index (κ1) is 18.0. The van der Waals surface area contributed by atoms with E-state index in [1.54, 1.807) is 0 Å². The fraction of sp³-hybridized carbons (Fsp3) is 0.467. The van der Waals surface area contributed by atoms with Crippen molar-refractivity contribution in [3.8, 4) is 0 Å². The standard InChI is InChI=1S/C15H20BrNO3S/c1-9(2)6-12(15(19)20)17-14(18)8-21-13-5-4-11(16)7-10(13)3/h4-5,7,9,12H,6,8H2,1-3H3,(H,17,18)(H,19,20)/t12-/m1/s1. The van der Waals surface area contributed by atoms with Crippen LogP contribution in [0.1, 0.15) is 25.8 Å². The number of thioether (sulfide) groups is 1. The number of nitrogens with one attached hydrogen (secondary N) is 1. The Morgan fingerprint density at radius 3 is 2.57 bits per heavy atom. The third-order valence-corrected chi connectivity index (χ3v) is 4.51. The molecule has 0 aliphatic rings. The molecule has 0 saturated carbocycles. The summed E-state index contributed by atoms with van der Waals surface area (Å²) >= 11 is 4.80. The van der Waals surface area contributed by atoms with Gasteiger partial charge in [-0.15, -0.1) is 11.8 Å². The molecule has 21 heavy (non-hydrogen) atoms. The molecule has 1 aromatic carbocycles. The Morgan fingerprint density at radius 2 is 2.05 bits per heavy atom. The SMILES string of the molecule is Cc1cc(Br)ccc1SCC(=O)N[C@H](CC(C)C)C(=O)O. The van der Waals surface area contributed by atoms with E-state index in [2.05, 4.69) is 21.2 Å². The lowest BCUT2D eigenvalue weighted by molar-refractivity contribution is -0.141. The monoisotopic (exact) mass is 373 g/mol. The Bertz CT molecular complexity index is 520. The summed E-state index contributed by atoms with van der Waals surface area (Å²) in [5.41, 5.74) is 1.08. The number of aryl methyl sites for hydroxylation is 1. The number of rotatable bonds is 7. The highest BCUT2D eigenvalue weighted by Crippen LogP contribution is 2.25. The minimum Gasteiger partial charge on any atom is -0.480 e. The summed E-state index contributed by atoms with van der Waals surface area (Å²) in [4.78, 5) is 24.0. The molecule has 1 rings (SSSR count). The highest BCUT2D eigenvalue weighted by molar-refractivity contribution is 9.10. The first-order chi connectivity index (χ1) is 9.79. The summed E-state index contributed by atoms with van der Waals surface area (Å²) in [6.45, 7) is 5.84. The van der Waals surface area contributed by atoms with Gasteiger partial charge < -0.3 is 10.4 Å². The van der Waals surface area contributed by atoms with E-state index in [1.807, 2.05) is 39.0 Å². The van der Waals surface area contributed by atoms with Crippen LogP contribution in [-0.4, -0.2) is 28.8 Å². The molecule has 0 saturated heterocycles. The van der Waals surface area contributed by atoms with Gasteiger partial charge >= 0.3 is 5.97 Å². The van der Waals surface area contributed by atoms with Gasteiger partial charge in [-0.05, 0) is 43.0 Å². The molecule has 0 bridgehead atoms. The van der Waals surface area contributed by atoms with Gasteiger partial charge in [0, 0.05) is 9.37 Å². The van der Waals surface area contributed by atoms with Gasteiger partial charge in [0.1, 0.15) is 6.04 Å². The normalized spacial score (nSPS) is 12.2. The molecule has 0 aliphatic heterocycles. The Labute approximate surface area is 137 Å². The predicted molar refractivity (Wildman–Crippen MR) is 88.6 cm³/mol. The molecule has 116 valence electrons. The maximum atomic E-state index is 11.9. The van der Waals surface area contributed by atoms with Crippen LogP contribution in [0, 0.1) is 12.8 Å². The number of benzene rings is 1. The van der Waals surface area contributed by atoms with Crippen molar-refractivity contribution < 1.29 is 14.7 Å². The summed E-state index contributed by atoms with van der Waals surface area (Å²) in [6, 6.07) is 5.04. The lowest BCUT2D eigenvalue weighted by atomic mass is 10.0. The van der Waals surface area contributed by atoms with Crippen LogP contribution in [0.15, 0.2) is 27.6 Å². The molecule has 0 unspecified atom stereocenters. The highest BCUT2D eigenvalue weighted by atomic mass is 79.9. The quantitative estimate of drug-likeness (QED) is 0.718. The van der Waals surface area contributed by atoms with Crippen molar-refractivity contribution in [3.05, 3.63) is 28.2 Å². The van der Waals surface area contributed by atoms with E-state index in [0.717, 1.165) is 14.9 Å². The van der Waals surface area contributed by atoms with Gasteiger partial charge in [0.25, 0.3) is 0 Å². The van der Waals surface area contributed by atoms with Gasteiger partial charge in [-0.1, -0.05) is 29.8 Å². The Morgan fingerprint density at radius 1 is 1.38 bits per heavy atom. The fourth-order valence-corrected chi connectivity index (χ4v) is 3.14. The number of hydrogen-bond donors (Lipinski definition) is 2. The second kappa shape index (κ2) is 8.44. The molecule has 0 heterocycles. The van der Waals surface area contributed by atoms with Crippen molar-refractivity contribution >= 4 is 39.6 Å². The molecule has 4 nitrogen and oxygen atoms in total. The minimum atomic E-state index is -0.984. The lowest BCUT2D eigenvalue weighted by Gasteiger charge is -2.16. The summed E-state index contributed by atoms with van der Waals surface area (Å²) in [6.07, 6.45) is 0.434. The van der Waals surface area contributed by atoms with Gasteiger partial charge in [0.15, 0.2) is 0 Å². The summed E-state index contributed by atoms with van der Waals surface area (Å²) < 4.78 is 0.997. The van der Waals surface area contributed by atoms with Crippen LogP contribution in [0.4, 0.5) is 0 Å². The van der Waals surface area contributed by atoms with E-state index < -0.39 is 12.0 Å². The number of carbonyl (C=O) groups is 2. The Kier molecular flexibility index (Phi) is 7.25. The molecule has 0 radical (unpaired) electrons. The lowest BCUT2D eigenvalue weighted by Crippen LogP contribution is -2.42. The van der Waals surface area contributed by atoms with Crippen LogP contribution < -0.4 is 5.32 Å². The Balaban J connectivity index is 2.54. The molecule has 6 heteroatoms. The molecular weight excluding hydrogens is 354 g/mol. The van der Waals surface area contributed by atoms with E-state index in [9.17, 15) is 9.59 Å². The van der Waals surface area contributed by atoms with Crippen LogP contribution in [-0.2, 0) is 9.59 Å². The van der Waals surface area contributed by atoms with E-state index in [1.165, 1.54) is 11.8 Å². The predicted octanol–water partition coefficient (Wildman–Crippen LogP) is 3.47. The van der Waals surface area contributed by atoms with Crippen LogP contribution in [0.25, 0.3) is 0 Å². The van der Waals surface area contributed by atoms with Crippen molar-refractivity contribution in [3.63, 3.8) is 0 Å². The summed E-state index contributed by atoms with van der Waals surface area (Å²) in [7, 11) is 0. The molecule has 0 fully saturated rings. The Hall–Kier alpha value is -1.01. The van der Waals surface area contributed by atoms with Crippen molar-refractivity contribution in [2.75, 3.05) is 5.75 Å². The second-order valence-corrected chi connectivity index (χ2v) is 7.22. The number of carboxylic acid groups (broad SMARTS) is 1. The molecule has 0 spiro atoms. The van der Waals surface area contributed by atoms with Crippen molar-refractivity contribution in [2.45, 2.75) is 38.1 Å².